The summed E-state index contributed by atoms with van der Waals surface area (Å²) in [6.45, 7) is 1.88. The van der Waals surface area contributed by atoms with Crippen LogP contribution in [0.5, 0.6) is 0 Å². The highest BCUT2D eigenvalue weighted by atomic mass is 32.1. The Morgan fingerprint density at radius 3 is 2.64 bits per heavy atom. The second kappa shape index (κ2) is 4.21. The van der Waals surface area contributed by atoms with E-state index in [1.54, 1.807) is 0 Å². The zero-order chi connectivity index (χ0) is 9.97. The Balaban J connectivity index is 1.86. The molecule has 1 N–H and O–H groups in total. The van der Waals surface area contributed by atoms with E-state index in [1.165, 1.54) is 11.5 Å². The zero-order valence-corrected chi connectivity index (χ0v) is 8.98. The van der Waals surface area contributed by atoms with Crippen LogP contribution in [0.1, 0.15) is 31.5 Å². The van der Waals surface area contributed by atoms with Crippen molar-refractivity contribution in [1.29, 1.82) is 0 Å². The fraction of sp³-hybridized carbons (Fsp3) is 0.778. The minimum Gasteiger partial charge on any atom is -0.358 e. The summed E-state index contributed by atoms with van der Waals surface area (Å²) in [7, 11) is 0. The quantitative estimate of drug-likeness (QED) is 0.823. The number of alkyl halides is 1. The second-order valence-corrected chi connectivity index (χ2v) is 4.49. The molecule has 0 aliphatic heterocycles. The number of aromatic nitrogens is 2. The normalized spacial score (nSPS) is 27.6. The largest absolute Gasteiger partial charge is 0.358 e. The minimum absolute atomic E-state index is 0.384. The molecule has 2 rings (SSSR count). The lowest BCUT2D eigenvalue weighted by atomic mass is 9.94. The van der Waals surface area contributed by atoms with Crippen molar-refractivity contribution in [2.24, 2.45) is 0 Å². The molecular weight excluding hydrogens is 201 g/mol. The molecule has 3 nitrogen and oxygen atoms in total. The average Bonchev–Trinajstić information content (AvgIpc) is 2.56. The molecule has 0 radical (unpaired) electrons. The third kappa shape index (κ3) is 2.41. The number of nitrogens with zero attached hydrogens (tertiary/aromatic N) is 2. The van der Waals surface area contributed by atoms with E-state index >= 15 is 0 Å². The number of hydrogen-bond donors (Lipinski definition) is 1. The molecule has 1 aromatic rings. The molecule has 14 heavy (non-hydrogen) atoms. The van der Waals surface area contributed by atoms with Gasteiger partial charge < -0.3 is 5.32 Å². The van der Waals surface area contributed by atoms with Crippen LogP contribution in [0.2, 0.25) is 0 Å². The first-order valence-electron chi connectivity index (χ1n) is 4.95. The summed E-state index contributed by atoms with van der Waals surface area (Å²) < 4.78 is 16.9. The molecule has 1 aromatic heterocycles. The lowest BCUT2D eigenvalue weighted by molar-refractivity contribution is 0.242. The second-order valence-electron chi connectivity index (χ2n) is 3.74. The molecule has 0 saturated heterocycles. The van der Waals surface area contributed by atoms with Gasteiger partial charge in [-0.05, 0) is 32.6 Å². The summed E-state index contributed by atoms with van der Waals surface area (Å²) in [4.78, 5) is 4.23. The molecule has 0 atom stereocenters. The van der Waals surface area contributed by atoms with Gasteiger partial charge in [-0.1, -0.05) is 0 Å². The SMILES string of the molecule is Cc1nsc(NC2CCC(F)CC2)n1. The van der Waals surface area contributed by atoms with E-state index in [0.29, 0.717) is 18.9 Å². The number of aryl methyl sites for hydroxylation is 1. The molecule has 1 aliphatic carbocycles. The lowest BCUT2D eigenvalue weighted by Gasteiger charge is -2.24. The van der Waals surface area contributed by atoms with Crippen LogP contribution in [-0.4, -0.2) is 21.6 Å². The van der Waals surface area contributed by atoms with Crippen LogP contribution >= 0.6 is 11.5 Å². The molecular formula is C9H14FN3S. The van der Waals surface area contributed by atoms with Crippen molar-refractivity contribution in [3.63, 3.8) is 0 Å². The molecule has 1 fully saturated rings. The van der Waals surface area contributed by atoms with Crippen molar-refractivity contribution in [2.45, 2.75) is 44.8 Å². The average molecular weight is 215 g/mol. The van der Waals surface area contributed by atoms with Crippen molar-refractivity contribution >= 4 is 16.7 Å². The van der Waals surface area contributed by atoms with E-state index in [4.69, 9.17) is 0 Å². The molecule has 1 saturated carbocycles. The van der Waals surface area contributed by atoms with E-state index < -0.39 is 6.17 Å². The number of anilines is 1. The summed E-state index contributed by atoms with van der Waals surface area (Å²) in [6.07, 6.45) is 2.56. The van der Waals surface area contributed by atoms with E-state index in [9.17, 15) is 4.39 Å². The maximum absolute atomic E-state index is 12.8. The van der Waals surface area contributed by atoms with Crippen LogP contribution in [-0.2, 0) is 0 Å². The highest BCUT2D eigenvalue weighted by Crippen LogP contribution is 2.24. The van der Waals surface area contributed by atoms with Crippen molar-refractivity contribution in [1.82, 2.24) is 9.36 Å². The summed E-state index contributed by atoms with van der Waals surface area (Å²) in [5, 5.41) is 4.17. The number of halogens is 1. The maximum Gasteiger partial charge on any atom is 0.202 e. The van der Waals surface area contributed by atoms with E-state index in [2.05, 4.69) is 14.7 Å². The third-order valence-electron chi connectivity index (χ3n) is 2.51. The van der Waals surface area contributed by atoms with E-state index in [1.807, 2.05) is 6.92 Å². The van der Waals surface area contributed by atoms with Crippen LogP contribution in [0, 0.1) is 6.92 Å². The summed E-state index contributed by atoms with van der Waals surface area (Å²) >= 11 is 1.38. The molecule has 0 unspecified atom stereocenters. The van der Waals surface area contributed by atoms with Gasteiger partial charge in [0.05, 0.1) is 0 Å². The first-order chi connectivity index (χ1) is 6.74. The highest BCUT2D eigenvalue weighted by molar-refractivity contribution is 7.09. The van der Waals surface area contributed by atoms with E-state index in [-0.39, 0.29) is 0 Å². The molecule has 78 valence electrons. The fourth-order valence-corrected chi connectivity index (χ4v) is 2.38. The topological polar surface area (TPSA) is 37.8 Å². The monoisotopic (exact) mass is 215 g/mol. The van der Waals surface area contributed by atoms with Crippen LogP contribution in [0.4, 0.5) is 9.52 Å². The lowest BCUT2D eigenvalue weighted by Crippen LogP contribution is -2.26. The number of hydrogen-bond acceptors (Lipinski definition) is 4. The van der Waals surface area contributed by atoms with Crippen LogP contribution < -0.4 is 5.32 Å². The highest BCUT2D eigenvalue weighted by Gasteiger charge is 2.20. The molecule has 0 amide bonds. The first kappa shape index (κ1) is 9.83. The van der Waals surface area contributed by atoms with Gasteiger partial charge in [0.15, 0.2) is 0 Å². The smallest absolute Gasteiger partial charge is 0.202 e. The fourth-order valence-electron chi connectivity index (χ4n) is 1.73. The van der Waals surface area contributed by atoms with Gasteiger partial charge in [0.25, 0.3) is 0 Å². The first-order valence-corrected chi connectivity index (χ1v) is 5.72. The Labute approximate surface area is 86.9 Å². The molecule has 0 bridgehead atoms. The minimum atomic E-state index is -0.593. The Hall–Kier alpha value is -0.710. The predicted molar refractivity (Wildman–Crippen MR) is 55.4 cm³/mol. The molecule has 0 spiro atoms. The molecule has 5 heteroatoms. The number of rotatable bonds is 2. The van der Waals surface area contributed by atoms with Crippen molar-refractivity contribution < 1.29 is 4.39 Å². The number of nitrogens with one attached hydrogen (secondary N) is 1. The van der Waals surface area contributed by atoms with Crippen molar-refractivity contribution in [3.8, 4) is 0 Å². The predicted octanol–water partition coefficient (Wildman–Crippen LogP) is 2.54. The zero-order valence-electron chi connectivity index (χ0n) is 8.16. The Kier molecular flexibility index (Phi) is 2.96. The molecule has 1 heterocycles. The van der Waals surface area contributed by atoms with Crippen molar-refractivity contribution in [2.75, 3.05) is 5.32 Å². The summed E-state index contributed by atoms with van der Waals surface area (Å²) in [6, 6.07) is 0.384. The van der Waals surface area contributed by atoms with Crippen molar-refractivity contribution in [3.05, 3.63) is 5.82 Å². The van der Waals surface area contributed by atoms with Crippen LogP contribution in [0.3, 0.4) is 0 Å². The molecule has 0 aromatic carbocycles. The summed E-state index contributed by atoms with van der Waals surface area (Å²) in [5.74, 6) is 0.802. The van der Waals surface area contributed by atoms with E-state index in [0.717, 1.165) is 23.8 Å². The van der Waals surface area contributed by atoms with Gasteiger partial charge in [0.2, 0.25) is 5.13 Å². The van der Waals surface area contributed by atoms with Crippen LogP contribution in [0.25, 0.3) is 0 Å². The maximum atomic E-state index is 12.8. The van der Waals surface area contributed by atoms with Gasteiger partial charge in [0.1, 0.15) is 12.0 Å². The Morgan fingerprint density at radius 1 is 1.36 bits per heavy atom. The Bertz CT molecular complexity index is 294. The van der Waals surface area contributed by atoms with Gasteiger partial charge >= 0.3 is 0 Å². The van der Waals surface area contributed by atoms with Crippen LogP contribution in [0.15, 0.2) is 0 Å². The standard InChI is InChI=1S/C9H14FN3S/c1-6-11-9(14-13-6)12-8-4-2-7(10)3-5-8/h7-8H,2-5H2,1H3,(H,11,12,13). The summed E-state index contributed by atoms with van der Waals surface area (Å²) in [5.41, 5.74) is 0. The van der Waals surface area contributed by atoms with Gasteiger partial charge in [-0.3, -0.25) is 0 Å². The van der Waals surface area contributed by atoms with Gasteiger partial charge in [-0.25, -0.2) is 9.37 Å². The van der Waals surface area contributed by atoms with Gasteiger partial charge in [-0.15, -0.1) is 0 Å². The third-order valence-corrected chi connectivity index (χ3v) is 3.25. The Morgan fingerprint density at radius 2 is 2.07 bits per heavy atom. The van der Waals surface area contributed by atoms with Gasteiger partial charge in [-0.2, -0.15) is 4.37 Å². The van der Waals surface area contributed by atoms with Gasteiger partial charge in [0, 0.05) is 17.6 Å². The molecule has 1 aliphatic rings.